The van der Waals surface area contributed by atoms with Gasteiger partial charge in [0.05, 0.1) is 0 Å². The molecule has 2 aromatic heterocycles. The first-order chi connectivity index (χ1) is 14.9. The van der Waals surface area contributed by atoms with Crippen LogP contribution in [0.3, 0.4) is 0 Å². The SMILES string of the molecule is Cn1ccnc1C(NC(=O)c1ccc(S(=O)(=O)N2CCCCC2)o1)c1cccc(F)c1. The van der Waals surface area contributed by atoms with E-state index in [-0.39, 0.29) is 10.9 Å². The predicted molar refractivity (Wildman–Crippen MR) is 110 cm³/mol. The Morgan fingerprint density at radius 3 is 2.65 bits per heavy atom. The number of carbonyl (C=O) groups is 1. The number of hydrogen-bond donors (Lipinski definition) is 1. The van der Waals surface area contributed by atoms with E-state index in [0.29, 0.717) is 24.5 Å². The number of aryl methyl sites for hydroxylation is 1. The van der Waals surface area contributed by atoms with Gasteiger partial charge < -0.3 is 14.3 Å². The summed E-state index contributed by atoms with van der Waals surface area (Å²) in [6, 6.07) is 7.71. The number of rotatable bonds is 6. The first kappa shape index (κ1) is 21.3. The van der Waals surface area contributed by atoms with Crippen molar-refractivity contribution in [3.8, 4) is 0 Å². The van der Waals surface area contributed by atoms with Gasteiger partial charge >= 0.3 is 0 Å². The van der Waals surface area contributed by atoms with Crippen molar-refractivity contribution < 1.29 is 22.0 Å². The summed E-state index contributed by atoms with van der Waals surface area (Å²) in [4.78, 5) is 17.2. The summed E-state index contributed by atoms with van der Waals surface area (Å²) < 4.78 is 47.9. The number of carbonyl (C=O) groups excluding carboxylic acids is 1. The summed E-state index contributed by atoms with van der Waals surface area (Å²) in [6.07, 6.45) is 5.87. The van der Waals surface area contributed by atoms with Gasteiger partial charge in [0.2, 0.25) is 5.09 Å². The molecule has 8 nitrogen and oxygen atoms in total. The highest BCUT2D eigenvalue weighted by atomic mass is 32.2. The smallest absolute Gasteiger partial charge is 0.287 e. The van der Waals surface area contributed by atoms with Crippen molar-refractivity contribution in [2.75, 3.05) is 13.1 Å². The molecule has 0 radical (unpaired) electrons. The predicted octanol–water partition coefficient (Wildman–Crippen LogP) is 2.85. The highest BCUT2D eigenvalue weighted by Gasteiger charge is 2.30. The number of nitrogens with zero attached hydrogens (tertiary/aromatic N) is 3. The molecule has 1 saturated heterocycles. The van der Waals surface area contributed by atoms with Crippen LogP contribution in [0.2, 0.25) is 0 Å². The molecule has 4 rings (SSSR count). The van der Waals surface area contributed by atoms with Crippen LogP contribution in [0, 0.1) is 5.82 Å². The first-order valence-corrected chi connectivity index (χ1v) is 11.4. The first-order valence-electron chi connectivity index (χ1n) is 10.00. The monoisotopic (exact) mass is 446 g/mol. The van der Waals surface area contributed by atoms with E-state index in [1.54, 1.807) is 36.1 Å². The minimum atomic E-state index is -3.79. The number of amides is 1. The second-order valence-corrected chi connectivity index (χ2v) is 9.31. The number of benzene rings is 1. The van der Waals surface area contributed by atoms with Gasteiger partial charge in [0.25, 0.3) is 15.9 Å². The van der Waals surface area contributed by atoms with Crippen molar-refractivity contribution in [1.29, 1.82) is 0 Å². The highest BCUT2D eigenvalue weighted by molar-refractivity contribution is 7.89. The van der Waals surface area contributed by atoms with Crippen molar-refractivity contribution in [3.05, 3.63) is 71.8 Å². The Bertz CT molecular complexity index is 1180. The molecule has 1 aliphatic rings. The van der Waals surface area contributed by atoms with Crippen molar-refractivity contribution in [2.24, 2.45) is 7.05 Å². The van der Waals surface area contributed by atoms with Gasteiger partial charge in [-0.15, -0.1) is 0 Å². The molecule has 1 fully saturated rings. The Balaban J connectivity index is 1.59. The van der Waals surface area contributed by atoms with Gasteiger partial charge in [0.15, 0.2) is 5.76 Å². The molecular weight excluding hydrogens is 423 g/mol. The third-order valence-corrected chi connectivity index (χ3v) is 7.06. The van der Waals surface area contributed by atoms with Crippen LogP contribution in [0.5, 0.6) is 0 Å². The molecule has 1 atom stereocenters. The lowest BCUT2D eigenvalue weighted by atomic mass is 10.1. The lowest BCUT2D eigenvalue weighted by molar-refractivity contribution is 0.0907. The Morgan fingerprint density at radius 1 is 1.19 bits per heavy atom. The minimum Gasteiger partial charge on any atom is -0.438 e. The van der Waals surface area contributed by atoms with E-state index in [2.05, 4.69) is 10.3 Å². The van der Waals surface area contributed by atoms with Crippen LogP contribution in [0.25, 0.3) is 0 Å². The summed E-state index contributed by atoms with van der Waals surface area (Å²) in [7, 11) is -2.03. The molecule has 0 spiro atoms. The molecule has 0 bridgehead atoms. The van der Waals surface area contributed by atoms with Gasteiger partial charge in [0.1, 0.15) is 17.7 Å². The van der Waals surface area contributed by atoms with Crippen molar-refractivity contribution in [3.63, 3.8) is 0 Å². The summed E-state index contributed by atoms with van der Waals surface area (Å²) in [5, 5.41) is 2.51. The van der Waals surface area contributed by atoms with Crippen LogP contribution in [-0.2, 0) is 17.1 Å². The normalized spacial score (nSPS) is 16.2. The molecule has 3 heterocycles. The van der Waals surface area contributed by atoms with Crippen molar-refractivity contribution in [1.82, 2.24) is 19.2 Å². The van der Waals surface area contributed by atoms with Gasteiger partial charge in [-0.25, -0.2) is 17.8 Å². The molecular formula is C21H23FN4O4S. The molecule has 1 N–H and O–H groups in total. The molecule has 31 heavy (non-hydrogen) atoms. The number of imidazole rings is 1. The third-order valence-electron chi connectivity index (χ3n) is 5.29. The number of piperidine rings is 1. The molecule has 1 aromatic carbocycles. The fourth-order valence-electron chi connectivity index (χ4n) is 3.65. The average Bonchev–Trinajstić information content (AvgIpc) is 3.42. The van der Waals surface area contributed by atoms with Gasteiger partial charge in [0, 0.05) is 32.5 Å². The lowest BCUT2D eigenvalue weighted by Crippen LogP contribution is -2.35. The number of sulfonamides is 1. The van der Waals surface area contributed by atoms with E-state index in [4.69, 9.17) is 4.42 Å². The van der Waals surface area contributed by atoms with Crippen LogP contribution in [-0.4, -0.2) is 41.3 Å². The van der Waals surface area contributed by atoms with Crippen LogP contribution in [0.15, 0.2) is 58.3 Å². The van der Waals surface area contributed by atoms with Gasteiger partial charge in [-0.1, -0.05) is 18.6 Å². The zero-order chi connectivity index (χ0) is 22.0. The fraction of sp³-hybridized carbons (Fsp3) is 0.333. The van der Waals surface area contributed by atoms with Crippen LogP contribution in [0.4, 0.5) is 4.39 Å². The highest BCUT2D eigenvalue weighted by Crippen LogP contribution is 2.25. The molecule has 1 amide bonds. The van der Waals surface area contributed by atoms with Crippen LogP contribution >= 0.6 is 0 Å². The standard InChI is InChI=1S/C21H23FN4O4S/c1-25-13-10-23-20(25)19(15-6-5-7-16(22)14-15)24-21(27)17-8-9-18(30-17)31(28,29)26-11-3-2-4-12-26/h5-10,13-14,19H,2-4,11-12H2,1H3,(H,24,27). The molecule has 164 valence electrons. The molecule has 10 heteroatoms. The maximum atomic E-state index is 13.8. The Morgan fingerprint density at radius 2 is 1.97 bits per heavy atom. The zero-order valence-electron chi connectivity index (χ0n) is 17.0. The quantitative estimate of drug-likeness (QED) is 0.628. The zero-order valence-corrected chi connectivity index (χ0v) is 17.8. The number of nitrogens with one attached hydrogen (secondary N) is 1. The number of hydrogen-bond acceptors (Lipinski definition) is 5. The van der Waals surface area contributed by atoms with Gasteiger partial charge in [-0.3, -0.25) is 4.79 Å². The van der Waals surface area contributed by atoms with E-state index in [1.807, 2.05) is 0 Å². The van der Waals surface area contributed by atoms with Crippen LogP contribution in [0.1, 0.15) is 47.2 Å². The molecule has 0 saturated carbocycles. The maximum absolute atomic E-state index is 13.8. The summed E-state index contributed by atoms with van der Waals surface area (Å²) in [6.45, 7) is 0.872. The van der Waals surface area contributed by atoms with E-state index >= 15 is 0 Å². The number of aromatic nitrogens is 2. The third kappa shape index (κ3) is 4.40. The molecule has 3 aromatic rings. The Kier molecular flexibility index (Phi) is 5.92. The van der Waals surface area contributed by atoms with E-state index in [9.17, 15) is 17.6 Å². The maximum Gasteiger partial charge on any atom is 0.287 e. The molecule has 1 aliphatic heterocycles. The summed E-state index contributed by atoms with van der Waals surface area (Å²) in [5.41, 5.74) is 0.496. The number of furan rings is 1. The van der Waals surface area contributed by atoms with E-state index < -0.39 is 27.8 Å². The van der Waals surface area contributed by atoms with E-state index in [1.165, 1.54) is 28.6 Å². The molecule has 0 aliphatic carbocycles. The second-order valence-electron chi connectivity index (χ2n) is 7.44. The van der Waals surface area contributed by atoms with Gasteiger partial charge in [-0.05, 0) is 42.7 Å². The topological polar surface area (TPSA) is 97.4 Å². The Labute approximate surface area is 179 Å². The van der Waals surface area contributed by atoms with Crippen molar-refractivity contribution in [2.45, 2.75) is 30.4 Å². The lowest BCUT2D eigenvalue weighted by Gasteiger charge is -2.24. The second kappa shape index (κ2) is 8.64. The summed E-state index contributed by atoms with van der Waals surface area (Å²) >= 11 is 0. The Hall–Kier alpha value is -2.98. The summed E-state index contributed by atoms with van der Waals surface area (Å²) in [5.74, 6) is -0.728. The van der Waals surface area contributed by atoms with Crippen molar-refractivity contribution >= 4 is 15.9 Å². The molecule has 1 unspecified atom stereocenters. The fourth-order valence-corrected chi connectivity index (χ4v) is 5.08. The average molecular weight is 447 g/mol. The number of halogens is 1. The van der Waals surface area contributed by atoms with E-state index in [0.717, 1.165) is 19.3 Å². The largest absolute Gasteiger partial charge is 0.438 e. The van der Waals surface area contributed by atoms with Gasteiger partial charge in [-0.2, -0.15) is 4.31 Å². The minimum absolute atomic E-state index is 0.147. The van der Waals surface area contributed by atoms with Crippen LogP contribution < -0.4 is 5.32 Å².